The maximum absolute atomic E-state index is 12.4. The van der Waals surface area contributed by atoms with Crippen LogP contribution in [-0.4, -0.2) is 23.4 Å². The van der Waals surface area contributed by atoms with Crippen LogP contribution < -0.4 is 10.2 Å². The zero-order chi connectivity index (χ0) is 17.1. The summed E-state index contributed by atoms with van der Waals surface area (Å²) in [4.78, 5) is 25.9. The molecular weight excluding hydrogens is 344 g/mol. The minimum atomic E-state index is -0.264. The van der Waals surface area contributed by atoms with E-state index < -0.39 is 0 Å². The highest BCUT2D eigenvalue weighted by molar-refractivity contribution is 8.00. The van der Waals surface area contributed by atoms with E-state index in [1.807, 2.05) is 55.5 Å². The lowest BCUT2D eigenvalue weighted by Crippen LogP contribution is -2.28. The van der Waals surface area contributed by atoms with Gasteiger partial charge in [0.25, 0.3) is 0 Å². The molecule has 2 amide bonds. The maximum Gasteiger partial charge on any atom is 0.239 e. The van der Waals surface area contributed by atoms with Crippen LogP contribution in [0.15, 0.2) is 48.5 Å². The Labute approximate surface area is 150 Å². The molecule has 1 unspecified atom stereocenters. The number of nitrogens with one attached hydrogen (secondary N) is 1. The smallest absolute Gasteiger partial charge is 0.239 e. The summed E-state index contributed by atoms with van der Waals surface area (Å²) in [7, 11) is 0. The lowest BCUT2D eigenvalue weighted by molar-refractivity contribution is -0.116. The summed E-state index contributed by atoms with van der Waals surface area (Å²) in [5.41, 5.74) is 3.59. The summed E-state index contributed by atoms with van der Waals surface area (Å²) in [6.45, 7) is 2.01. The number of rotatable bonds is 4. The number of nitrogens with zero attached hydrogens (tertiary/aromatic N) is 1. The number of halogens is 1. The Kier molecular flexibility index (Phi) is 5.11. The number of anilines is 2. The molecule has 124 valence electrons. The van der Waals surface area contributed by atoms with Crippen LogP contribution in [-0.2, 0) is 9.59 Å². The molecule has 2 aromatic rings. The van der Waals surface area contributed by atoms with Crippen molar-refractivity contribution in [1.29, 1.82) is 0 Å². The highest BCUT2D eigenvalue weighted by atomic mass is 35.5. The van der Waals surface area contributed by atoms with Crippen molar-refractivity contribution in [1.82, 2.24) is 0 Å². The number of hydrogen-bond acceptors (Lipinski definition) is 3. The van der Waals surface area contributed by atoms with Gasteiger partial charge in [0.05, 0.1) is 5.75 Å². The van der Waals surface area contributed by atoms with E-state index in [2.05, 4.69) is 5.32 Å². The van der Waals surface area contributed by atoms with Gasteiger partial charge in [-0.2, -0.15) is 0 Å². The lowest BCUT2D eigenvalue weighted by Gasteiger charge is -2.26. The van der Waals surface area contributed by atoms with Gasteiger partial charge < -0.3 is 5.32 Å². The van der Waals surface area contributed by atoms with Crippen LogP contribution in [0.25, 0.3) is 0 Å². The summed E-state index contributed by atoms with van der Waals surface area (Å²) < 4.78 is 0. The Morgan fingerprint density at radius 2 is 1.96 bits per heavy atom. The van der Waals surface area contributed by atoms with Crippen molar-refractivity contribution in [3.63, 3.8) is 0 Å². The van der Waals surface area contributed by atoms with E-state index in [0.717, 1.165) is 16.8 Å². The minimum Gasteiger partial charge on any atom is -0.325 e. The van der Waals surface area contributed by atoms with Crippen LogP contribution >= 0.6 is 23.4 Å². The fraction of sp³-hybridized carbons (Fsp3) is 0.222. The van der Waals surface area contributed by atoms with Crippen molar-refractivity contribution in [2.75, 3.05) is 21.8 Å². The number of thioether (sulfide) groups is 1. The van der Waals surface area contributed by atoms with Crippen LogP contribution in [0.3, 0.4) is 0 Å². The van der Waals surface area contributed by atoms with E-state index in [-0.39, 0.29) is 23.1 Å². The first-order valence-corrected chi connectivity index (χ1v) is 9.13. The molecule has 0 bridgehead atoms. The number of benzene rings is 2. The van der Waals surface area contributed by atoms with E-state index in [1.165, 1.54) is 0 Å². The van der Waals surface area contributed by atoms with Crippen LogP contribution in [0.1, 0.15) is 16.5 Å². The standard InChI is InChI=1S/C18H17ClN2O2S/c1-12-6-8-13(9-7-12)21-17(23)11-24-18(21)14-4-2-3-5-15(14)20-16(22)10-19/h2-9,18H,10-11H2,1H3,(H,20,22). The molecule has 1 aliphatic rings. The second-order valence-corrected chi connectivity index (χ2v) is 6.87. The molecule has 4 nitrogen and oxygen atoms in total. The molecule has 1 N–H and O–H groups in total. The Bertz CT molecular complexity index is 764. The van der Waals surface area contributed by atoms with Crippen molar-refractivity contribution in [2.45, 2.75) is 12.3 Å². The average molecular weight is 361 g/mol. The monoisotopic (exact) mass is 360 g/mol. The van der Waals surface area contributed by atoms with Gasteiger partial charge in [0, 0.05) is 16.9 Å². The van der Waals surface area contributed by atoms with E-state index >= 15 is 0 Å². The van der Waals surface area contributed by atoms with Crippen molar-refractivity contribution in [3.05, 3.63) is 59.7 Å². The second kappa shape index (κ2) is 7.28. The molecule has 0 saturated carbocycles. The summed E-state index contributed by atoms with van der Waals surface area (Å²) in [5.74, 6) is 0.107. The van der Waals surface area contributed by atoms with E-state index in [9.17, 15) is 9.59 Å². The van der Waals surface area contributed by atoms with Crippen molar-refractivity contribution in [3.8, 4) is 0 Å². The minimum absolute atomic E-state index is 0.0623. The topological polar surface area (TPSA) is 49.4 Å². The van der Waals surface area contributed by atoms with Gasteiger partial charge in [0.1, 0.15) is 11.3 Å². The van der Waals surface area contributed by atoms with Crippen molar-refractivity contribution in [2.24, 2.45) is 0 Å². The predicted molar refractivity (Wildman–Crippen MR) is 99.7 cm³/mol. The number of para-hydroxylation sites is 1. The molecule has 0 aliphatic carbocycles. The number of hydrogen-bond donors (Lipinski definition) is 1. The number of alkyl halides is 1. The van der Waals surface area contributed by atoms with Gasteiger partial charge in [-0.3, -0.25) is 14.5 Å². The second-order valence-electron chi connectivity index (χ2n) is 5.53. The van der Waals surface area contributed by atoms with Crippen molar-refractivity contribution < 1.29 is 9.59 Å². The van der Waals surface area contributed by atoms with Gasteiger partial charge >= 0.3 is 0 Å². The molecule has 1 atom stereocenters. The zero-order valence-electron chi connectivity index (χ0n) is 13.2. The molecule has 1 fully saturated rings. The Hall–Kier alpha value is -1.98. The van der Waals surface area contributed by atoms with E-state index in [4.69, 9.17) is 11.6 Å². The quantitative estimate of drug-likeness (QED) is 0.840. The molecular formula is C18H17ClN2O2S. The van der Waals surface area contributed by atoms with Crippen molar-refractivity contribution >= 4 is 46.6 Å². The zero-order valence-corrected chi connectivity index (χ0v) is 14.7. The number of amides is 2. The molecule has 0 spiro atoms. The number of carbonyl (C=O) groups is 2. The van der Waals surface area contributed by atoms with Gasteiger partial charge in [0.2, 0.25) is 11.8 Å². The Balaban J connectivity index is 1.97. The summed E-state index contributed by atoms with van der Waals surface area (Å²) >= 11 is 7.15. The first-order valence-electron chi connectivity index (χ1n) is 7.55. The van der Waals surface area contributed by atoms with Gasteiger partial charge in [-0.1, -0.05) is 35.9 Å². The summed E-state index contributed by atoms with van der Waals surface area (Å²) in [5, 5.41) is 2.64. The third-order valence-electron chi connectivity index (χ3n) is 3.80. The fourth-order valence-electron chi connectivity index (χ4n) is 2.65. The van der Waals surface area contributed by atoms with Gasteiger partial charge in [-0.25, -0.2) is 0 Å². The maximum atomic E-state index is 12.4. The normalized spacial score (nSPS) is 17.2. The third-order valence-corrected chi connectivity index (χ3v) is 5.24. The lowest BCUT2D eigenvalue weighted by atomic mass is 10.1. The SMILES string of the molecule is Cc1ccc(N2C(=O)CSC2c2ccccc2NC(=O)CCl)cc1. The summed E-state index contributed by atoms with van der Waals surface area (Å²) in [6, 6.07) is 15.4. The average Bonchev–Trinajstić information content (AvgIpc) is 2.97. The van der Waals surface area contributed by atoms with E-state index in [0.29, 0.717) is 11.4 Å². The largest absolute Gasteiger partial charge is 0.325 e. The van der Waals surface area contributed by atoms with Crippen LogP contribution in [0.4, 0.5) is 11.4 Å². The molecule has 6 heteroatoms. The molecule has 24 heavy (non-hydrogen) atoms. The summed E-state index contributed by atoms with van der Waals surface area (Å²) in [6.07, 6.45) is 0. The van der Waals surface area contributed by atoms with Crippen LogP contribution in [0.2, 0.25) is 0 Å². The van der Waals surface area contributed by atoms with Gasteiger partial charge in [-0.05, 0) is 25.1 Å². The fourth-order valence-corrected chi connectivity index (χ4v) is 3.93. The van der Waals surface area contributed by atoms with E-state index in [1.54, 1.807) is 16.7 Å². The molecule has 0 radical (unpaired) electrons. The molecule has 3 rings (SSSR count). The van der Waals surface area contributed by atoms with Gasteiger partial charge in [0.15, 0.2) is 0 Å². The molecule has 1 heterocycles. The highest BCUT2D eigenvalue weighted by Crippen LogP contribution is 2.44. The third kappa shape index (κ3) is 3.42. The highest BCUT2D eigenvalue weighted by Gasteiger charge is 2.35. The van der Waals surface area contributed by atoms with Crippen LogP contribution in [0, 0.1) is 6.92 Å². The molecule has 1 aliphatic heterocycles. The Morgan fingerprint density at radius 3 is 2.67 bits per heavy atom. The first-order chi connectivity index (χ1) is 11.6. The molecule has 1 saturated heterocycles. The first kappa shape index (κ1) is 16.9. The molecule has 0 aromatic heterocycles. The predicted octanol–water partition coefficient (Wildman–Crippen LogP) is 3.95. The van der Waals surface area contributed by atoms with Gasteiger partial charge in [-0.15, -0.1) is 23.4 Å². The number of aryl methyl sites for hydroxylation is 1. The van der Waals surface area contributed by atoms with Crippen LogP contribution in [0.5, 0.6) is 0 Å². The Morgan fingerprint density at radius 1 is 1.25 bits per heavy atom. The number of carbonyl (C=O) groups excluding carboxylic acids is 2. The molecule has 2 aromatic carbocycles.